The van der Waals surface area contributed by atoms with Crippen LogP contribution in [0.25, 0.3) is 0 Å². The van der Waals surface area contributed by atoms with E-state index in [0.29, 0.717) is 0 Å². The first-order valence-corrected chi connectivity index (χ1v) is 4.57. The zero-order chi connectivity index (χ0) is 9.80. The van der Waals surface area contributed by atoms with Crippen LogP contribution in [0.15, 0.2) is 42.6 Å². The van der Waals surface area contributed by atoms with Crippen LogP contribution < -0.4 is 11.1 Å². The summed E-state index contributed by atoms with van der Waals surface area (Å²) in [6, 6.07) is 11.8. The van der Waals surface area contributed by atoms with Crippen molar-refractivity contribution in [1.29, 1.82) is 0 Å². The van der Waals surface area contributed by atoms with Crippen LogP contribution in [0, 0.1) is 0 Å². The van der Waals surface area contributed by atoms with Crippen molar-refractivity contribution in [2.75, 3.05) is 11.1 Å². The third-order valence-corrected chi connectivity index (χ3v) is 2.09. The van der Waals surface area contributed by atoms with E-state index >= 15 is 0 Å². The van der Waals surface area contributed by atoms with E-state index in [1.807, 2.05) is 42.6 Å². The highest BCUT2D eigenvalue weighted by Crippen LogP contribution is 2.17. The van der Waals surface area contributed by atoms with Gasteiger partial charge in [-0.2, -0.15) is 0 Å². The fourth-order valence-corrected chi connectivity index (χ4v) is 1.33. The van der Waals surface area contributed by atoms with Crippen molar-refractivity contribution >= 4 is 11.4 Å². The Kier molecular flexibility index (Phi) is 2.40. The number of nitrogens with two attached hydrogens (primary N) is 1. The van der Waals surface area contributed by atoms with Gasteiger partial charge in [0, 0.05) is 11.9 Å². The van der Waals surface area contributed by atoms with Crippen LogP contribution in [-0.2, 0) is 6.54 Å². The fraction of sp³-hybridized carbons (Fsp3) is 0.0909. The van der Waals surface area contributed by atoms with Crippen molar-refractivity contribution in [2.45, 2.75) is 6.54 Å². The molecule has 0 radical (unpaired) electrons. The molecule has 0 bridgehead atoms. The monoisotopic (exact) mass is 187 g/mol. The molecular weight excluding hydrogens is 174 g/mol. The standard InChI is InChI=1S/C11H13N3/c12-10-5-1-2-6-11(10)14-8-9-4-3-7-13-9/h1-7,13-14H,8,12H2. The molecule has 0 aliphatic rings. The first kappa shape index (κ1) is 8.69. The lowest BCUT2D eigenvalue weighted by atomic mass is 10.2. The molecule has 0 amide bonds. The molecule has 3 heteroatoms. The molecule has 0 unspecified atom stereocenters. The number of nitrogens with one attached hydrogen (secondary N) is 2. The van der Waals surface area contributed by atoms with Crippen LogP contribution in [-0.4, -0.2) is 4.98 Å². The SMILES string of the molecule is Nc1ccccc1NCc1ccc[nH]1. The van der Waals surface area contributed by atoms with E-state index in [1.54, 1.807) is 0 Å². The van der Waals surface area contributed by atoms with Gasteiger partial charge in [0.2, 0.25) is 0 Å². The lowest BCUT2D eigenvalue weighted by Crippen LogP contribution is -2.02. The van der Waals surface area contributed by atoms with Crippen LogP contribution >= 0.6 is 0 Å². The van der Waals surface area contributed by atoms with E-state index in [9.17, 15) is 0 Å². The first-order valence-electron chi connectivity index (χ1n) is 4.57. The number of rotatable bonds is 3. The molecule has 0 spiro atoms. The maximum atomic E-state index is 5.79. The molecule has 1 aromatic heterocycles. The predicted octanol–water partition coefficient (Wildman–Crippen LogP) is 2.21. The molecule has 72 valence electrons. The highest BCUT2D eigenvalue weighted by Gasteiger charge is 1.96. The molecule has 0 aliphatic carbocycles. The highest BCUT2D eigenvalue weighted by molar-refractivity contribution is 5.65. The number of hydrogen-bond donors (Lipinski definition) is 3. The highest BCUT2D eigenvalue weighted by atomic mass is 14.9. The maximum Gasteiger partial charge on any atom is 0.0577 e. The largest absolute Gasteiger partial charge is 0.397 e. The van der Waals surface area contributed by atoms with Crippen molar-refractivity contribution in [3.8, 4) is 0 Å². The van der Waals surface area contributed by atoms with Crippen LogP contribution in [0.4, 0.5) is 11.4 Å². The van der Waals surface area contributed by atoms with Crippen molar-refractivity contribution in [3.63, 3.8) is 0 Å². The number of nitrogen functional groups attached to an aromatic ring is 1. The second-order valence-corrected chi connectivity index (χ2v) is 3.14. The Morgan fingerprint density at radius 1 is 1.14 bits per heavy atom. The van der Waals surface area contributed by atoms with Gasteiger partial charge < -0.3 is 16.0 Å². The Balaban J connectivity index is 2.02. The fourth-order valence-electron chi connectivity index (χ4n) is 1.33. The van der Waals surface area contributed by atoms with Crippen molar-refractivity contribution < 1.29 is 0 Å². The number of hydrogen-bond acceptors (Lipinski definition) is 2. The van der Waals surface area contributed by atoms with E-state index in [-0.39, 0.29) is 0 Å². The Bertz CT molecular complexity index is 393. The number of anilines is 2. The third kappa shape index (κ3) is 1.88. The van der Waals surface area contributed by atoms with E-state index in [1.165, 1.54) is 0 Å². The lowest BCUT2D eigenvalue weighted by molar-refractivity contribution is 1.07. The van der Waals surface area contributed by atoms with Gasteiger partial charge in [0.1, 0.15) is 0 Å². The zero-order valence-corrected chi connectivity index (χ0v) is 7.83. The van der Waals surface area contributed by atoms with Gasteiger partial charge in [0.05, 0.1) is 17.9 Å². The van der Waals surface area contributed by atoms with Gasteiger partial charge >= 0.3 is 0 Å². The van der Waals surface area contributed by atoms with Gasteiger partial charge in [0.15, 0.2) is 0 Å². The first-order chi connectivity index (χ1) is 6.86. The topological polar surface area (TPSA) is 53.8 Å². The van der Waals surface area contributed by atoms with Gasteiger partial charge in [-0.15, -0.1) is 0 Å². The number of para-hydroxylation sites is 2. The molecule has 0 aliphatic heterocycles. The van der Waals surface area contributed by atoms with E-state index in [2.05, 4.69) is 10.3 Å². The third-order valence-electron chi connectivity index (χ3n) is 2.09. The number of H-pyrrole nitrogens is 1. The van der Waals surface area contributed by atoms with Gasteiger partial charge in [-0.05, 0) is 24.3 Å². The normalized spacial score (nSPS) is 10.0. The molecule has 14 heavy (non-hydrogen) atoms. The van der Waals surface area contributed by atoms with Crippen LogP contribution in [0.2, 0.25) is 0 Å². The summed E-state index contributed by atoms with van der Waals surface area (Å²) < 4.78 is 0. The molecule has 3 nitrogen and oxygen atoms in total. The van der Waals surface area contributed by atoms with E-state index < -0.39 is 0 Å². The van der Waals surface area contributed by atoms with Gasteiger partial charge in [-0.25, -0.2) is 0 Å². The second-order valence-electron chi connectivity index (χ2n) is 3.14. The molecule has 1 aromatic carbocycles. The predicted molar refractivity (Wildman–Crippen MR) is 59.0 cm³/mol. The molecular formula is C11H13N3. The minimum absolute atomic E-state index is 0.765. The van der Waals surface area contributed by atoms with Crippen molar-refractivity contribution in [3.05, 3.63) is 48.3 Å². The summed E-state index contributed by atoms with van der Waals surface area (Å²) in [5.74, 6) is 0. The van der Waals surface area contributed by atoms with Crippen LogP contribution in [0.5, 0.6) is 0 Å². The Labute approximate surface area is 83.0 Å². The van der Waals surface area contributed by atoms with Gasteiger partial charge in [-0.3, -0.25) is 0 Å². The van der Waals surface area contributed by atoms with Crippen LogP contribution in [0.3, 0.4) is 0 Å². The summed E-state index contributed by atoms with van der Waals surface area (Å²) in [6.07, 6.45) is 1.91. The molecule has 0 atom stereocenters. The Morgan fingerprint density at radius 3 is 2.71 bits per heavy atom. The summed E-state index contributed by atoms with van der Waals surface area (Å²) in [6.45, 7) is 0.765. The van der Waals surface area contributed by atoms with E-state index in [0.717, 1.165) is 23.6 Å². The molecule has 2 aromatic rings. The summed E-state index contributed by atoms with van der Waals surface area (Å²) in [7, 11) is 0. The second kappa shape index (κ2) is 3.87. The molecule has 0 saturated heterocycles. The number of aromatic nitrogens is 1. The molecule has 0 saturated carbocycles. The summed E-state index contributed by atoms with van der Waals surface area (Å²) >= 11 is 0. The summed E-state index contributed by atoms with van der Waals surface area (Å²) in [4.78, 5) is 3.12. The minimum Gasteiger partial charge on any atom is -0.397 e. The average molecular weight is 187 g/mol. The summed E-state index contributed by atoms with van der Waals surface area (Å²) in [5.41, 5.74) is 8.68. The zero-order valence-electron chi connectivity index (χ0n) is 7.83. The number of aromatic amines is 1. The summed E-state index contributed by atoms with van der Waals surface area (Å²) in [5, 5.41) is 3.26. The van der Waals surface area contributed by atoms with Gasteiger partial charge in [0.25, 0.3) is 0 Å². The molecule has 4 N–H and O–H groups in total. The Hall–Kier alpha value is -1.90. The van der Waals surface area contributed by atoms with Crippen LogP contribution in [0.1, 0.15) is 5.69 Å². The lowest BCUT2D eigenvalue weighted by Gasteiger charge is -2.07. The average Bonchev–Trinajstić information content (AvgIpc) is 2.69. The quantitative estimate of drug-likeness (QED) is 0.645. The van der Waals surface area contributed by atoms with Gasteiger partial charge in [-0.1, -0.05) is 12.1 Å². The maximum absolute atomic E-state index is 5.79. The van der Waals surface area contributed by atoms with E-state index in [4.69, 9.17) is 5.73 Å². The molecule has 2 rings (SSSR count). The smallest absolute Gasteiger partial charge is 0.0577 e. The molecule has 0 fully saturated rings. The minimum atomic E-state index is 0.765. The molecule has 1 heterocycles. The van der Waals surface area contributed by atoms with Crippen molar-refractivity contribution in [1.82, 2.24) is 4.98 Å². The number of benzene rings is 1. The Morgan fingerprint density at radius 2 is 2.00 bits per heavy atom. The van der Waals surface area contributed by atoms with Crippen molar-refractivity contribution in [2.24, 2.45) is 0 Å².